The molecule has 1 unspecified atom stereocenters. The Balaban J connectivity index is 1.96. The average molecular weight is 263 g/mol. The number of anilines is 1. The van der Waals surface area contributed by atoms with Gasteiger partial charge in [0.05, 0.1) is 11.9 Å². The van der Waals surface area contributed by atoms with E-state index in [1.54, 1.807) is 6.20 Å². The van der Waals surface area contributed by atoms with Crippen molar-refractivity contribution >= 4 is 11.8 Å². The lowest BCUT2D eigenvalue weighted by Crippen LogP contribution is -2.42. The van der Waals surface area contributed by atoms with Crippen molar-refractivity contribution in [1.82, 2.24) is 10.3 Å². The van der Waals surface area contributed by atoms with Gasteiger partial charge in [-0.25, -0.2) is 4.79 Å². The first-order valence-electron chi connectivity index (χ1n) is 6.56. The normalized spacial score (nSPS) is 18.6. The molecule has 0 saturated carbocycles. The Morgan fingerprint density at radius 2 is 2.26 bits per heavy atom. The lowest BCUT2D eigenvalue weighted by Gasteiger charge is -2.27. The summed E-state index contributed by atoms with van der Waals surface area (Å²) in [6.45, 7) is 5.56. The summed E-state index contributed by atoms with van der Waals surface area (Å²) in [6.07, 6.45) is 3.81. The molecule has 1 aromatic heterocycles. The van der Waals surface area contributed by atoms with Crippen LogP contribution in [0.4, 0.5) is 10.5 Å². The molecule has 1 aliphatic rings. The number of aryl methyl sites for hydroxylation is 1. The zero-order valence-electron chi connectivity index (χ0n) is 11.7. The van der Waals surface area contributed by atoms with Gasteiger partial charge in [0.1, 0.15) is 5.60 Å². The van der Waals surface area contributed by atoms with Crippen LogP contribution in [0.1, 0.15) is 38.4 Å². The van der Waals surface area contributed by atoms with E-state index in [9.17, 15) is 4.79 Å². The number of rotatable bonds is 1. The highest BCUT2D eigenvalue weighted by molar-refractivity contribution is 5.68. The fraction of sp³-hybridized carbons (Fsp3) is 0.571. The molecule has 0 aliphatic heterocycles. The van der Waals surface area contributed by atoms with Crippen molar-refractivity contribution in [2.45, 2.75) is 51.7 Å². The van der Waals surface area contributed by atoms with Crippen molar-refractivity contribution < 1.29 is 9.53 Å². The van der Waals surface area contributed by atoms with Gasteiger partial charge in [-0.15, -0.1) is 0 Å². The lowest BCUT2D eigenvalue weighted by atomic mass is 9.92. The van der Waals surface area contributed by atoms with E-state index < -0.39 is 5.60 Å². The highest BCUT2D eigenvalue weighted by Gasteiger charge is 2.23. The number of hydrogen-bond acceptors (Lipinski definition) is 4. The number of nitrogens with one attached hydrogen (secondary N) is 1. The standard InChI is InChI=1S/C14H21N3O2/c1-14(2,3)19-13(18)17-11-4-5-12-9(7-11)6-10(15)8-16-12/h6,8,11H,4-5,7,15H2,1-3H3,(H,17,18). The highest BCUT2D eigenvalue weighted by Crippen LogP contribution is 2.21. The van der Waals surface area contributed by atoms with Gasteiger partial charge in [-0.2, -0.15) is 0 Å². The molecule has 0 radical (unpaired) electrons. The van der Waals surface area contributed by atoms with Crippen LogP contribution < -0.4 is 11.1 Å². The number of hydrogen-bond donors (Lipinski definition) is 2. The van der Waals surface area contributed by atoms with Crippen LogP contribution in [0.2, 0.25) is 0 Å². The predicted molar refractivity (Wildman–Crippen MR) is 73.8 cm³/mol. The monoisotopic (exact) mass is 263 g/mol. The minimum atomic E-state index is -0.470. The summed E-state index contributed by atoms with van der Waals surface area (Å²) in [4.78, 5) is 16.1. The molecule has 1 aromatic rings. The molecule has 104 valence electrons. The third kappa shape index (κ3) is 3.84. The highest BCUT2D eigenvalue weighted by atomic mass is 16.6. The lowest BCUT2D eigenvalue weighted by molar-refractivity contribution is 0.0500. The summed E-state index contributed by atoms with van der Waals surface area (Å²) in [5.41, 5.74) is 8.13. The fourth-order valence-corrected chi connectivity index (χ4v) is 2.23. The number of pyridine rings is 1. The molecule has 2 rings (SSSR count). The minimum absolute atomic E-state index is 0.0888. The number of carbonyl (C=O) groups is 1. The summed E-state index contributed by atoms with van der Waals surface area (Å²) < 4.78 is 5.26. The van der Waals surface area contributed by atoms with Gasteiger partial charge in [0.2, 0.25) is 0 Å². The number of nitrogens with two attached hydrogens (primary N) is 1. The zero-order chi connectivity index (χ0) is 14.0. The van der Waals surface area contributed by atoms with E-state index in [0.29, 0.717) is 5.69 Å². The molecule has 1 aliphatic carbocycles. The number of nitrogens with zero attached hydrogens (tertiary/aromatic N) is 1. The van der Waals surface area contributed by atoms with Gasteiger partial charge in [0.25, 0.3) is 0 Å². The van der Waals surface area contributed by atoms with E-state index in [1.165, 1.54) is 0 Å². The van der Waals surface area contributed by atoms with Crippen molar-refractivity contribution in [2.75, 3.05) is 5.73 Å². The van der Waals surface area contributed by atoms with Gasteiger partial charge < -0.3 is 15.8 Å². The van der Waals surface area contributed by atoms with Crippen LogP contribution in [-0.2, 0) is 17.6 Å². The van der Waals surface area contributed by atoms with E-state index in [0.717, 1.165) is 30.5 Å². The Morgan fingerprint density at radius 3 is 2.95 bits per heavy atom. The Morgan fingerprint density at radius 1 is 1.53 bits per heavy atom. The molecule has 19 heavy (non-hydrogen) atoms. The van der Waals surface area contributed by atoms with E-state index in [-0.39, 0.29) is 12.1 Å². The number of amides is 1. The molecule has 0 saturated heterocycles. The fourth-order valence-electron chi connectivity index (χ4n) is 2.23. The molecule has 0 aromatic carbocycles. The Kier molecular flexibility index (Phi) is 3.64. The molecule has 5 heteroatoms. The van der Waals surface area contributed by atoms with Crippen LogP contribution >= 0.6 is 0 Å². The summed E-state index contributed by atoms with van der Waals surface area (Å²) >= 11 is 0. The predicted octanol–water partition coefficient (Wildman–Crippen LogP) is 2.05. The summed E-state index contributed by atoms with van der Waals surface area (Å²) in [5, 5.41) is 2.91. The number of carbonyl (C=O) groups excluding carboxylic acids is 1. The molecule has 1 heterocycles. The van der Waals surface area contributed by atoms with Gasteiger partial charge in [-0.1, -0.05) is 0 Å². The van der Waals surface area contributed by atoms with Crippen LogP contribution in [-0.4, -0.2) is 22.7 Å². The molecular weight excluding hydrogens is 242 g/mol. The summed E-state index contributed by atoms with van der Waals surface area (Å²) in [7, 11) is 0. The smallest absolute Gasteiger partial charge is 0.407 e. The number of nitrogen functional groups attached to an aromatic ring is 1. The minimum Gasteiger partial charge on any atom is -0.444 e. The van der Waals surface area contributed by atoms with Crippen molar-refractivity contribution in [2.24, 2.45) is 0 Å². The summed E-state index contributed by atoms with van der Waals surface area (Å²) in [6, 6.07) is 2.02. The van der Waals surface area contributed by atoms with Crippen molar-refractivity contribution in [3.8, 4) is 0 Å². The molecule has 3 N–H and O–H groups in total. The molecule has 0 bridgehead atoms. The molecular formula is C14H21N3O2. The Labute approximate surface area is 113 Å². The Bertz CT molecular complexity index is 480. The van der Waals surface area contributed by atoms with Gasteiger partial charge >= 0.3 is 6.09 Å². The van der Waals surface area contributed by atoms with Crippen molar-refractivity contribution in [1.29, 1.82) is 0 Å². The van der Waals surface area contributed by atoms with Crippen molar-refractivity contribution in [3.05, 3.63) is 23.5 Å². The SMILES string of the molecule is CC(C)(C)OC(=O)NC1CCc2ncc(N)cc2C1. The number of fused-ring (bicyclic) bond motifs is 1. The maximum Gasteiger partial charge on any atom is 0.407 e. The second kappa shape index (κ2) is 5.07. The Hall–Kier alpha value is -1.78. The first kappa shape index (κ1) is 13.6. The van der Waals surface area contributed by atoms with Gasteiger partial charge in [0, 0.05) is 11.7 Å². The van der Waals surface area contributed by atoms with Crippen LogP contribution in [0, 0.1) is 0 Å². The topological polar surface area (TPSA) is 77.2 Å². The largest absolute Gasteiger partial charge is 0.444 e. The van der Waals surface area contributed by atoms with Crippen LogP contribution in [0.3, 0.4) is 0 Å². The van der Waals surface area contributed by atoms with E-state index in [1.807, 2.05) is 26.8 Å². The number of alkyl carbamates (subject to hydrolysis) is 1. The molecule has 5 nitrogen and oxygen atoms in total. The van der Waals surface area contributed by atoms with E-state index >= 15 is 0 Å². The van der Waals surface area contributed by atoms with Crippen LogP contribution in [0.25, 0.3) is 0 Å². The maximum absolute atomic E-state index is 11.7. The average Bonchev–Trinajstić information content (AvgIpc) is 2.25. The first-order valence-corrected chi connectivity index (χ1v) is 6.56. The van der Waals surface area contributed by atoms with Crippen LogP contribution in [0.5, 0.6) is 0 Å². The first-order chi connectivity index (χ1) is 8.83. The van der Waals surface area contributed by atoms with E-state index in [2.05, 4.69) is 10.3 Å². The van der Waals surface area contributed by atoms with Crippen molar-refractivity contribution in [3.63, 3.8) is 0 Å². The van der Waals surface area contributed by atoms with E-state index in [4.69, 9.17) is 10.5 Å². The zero-order valence-corrected chi connectivity index (χ0v) is 11.7. The molecule has 1 atom stereocenters. The second-order valence-electron chi connectivity index (χ2n) is 5.96. The molecule has 0 fully saturated rings. The number of aromatic nitrogens is 1. The van der Waals surface area contributed by atoms with Gasteiger partial charge in [-0.05, 0) is 51.7 Å². The second-order valence-corrected chi connectivity index (χ2v) is 5.96. The van der Waals surface area contributed by atoms with Gasteiger partial charge in [0.15, 0.2) is 0 Å². The third-order valence-electron chi connectivity index (χ3n) is 3.00. The molecule has 1 amide bonds. The van der Waals surface area contributed by atoms with Gasteiger partial charge in [-0.3, -0.25) is 4.98 Å². The maximum atomic E-state index is 11.7. The van der Waals surface area contributed by atoms with Crippen LogP contribution in [0.15, 0.2) is 12.3 Å². The third-order valence-corrected chi connectivity index (χ3v) is 3.00. The quantitative estimate of drug-likeness (QED) is 0.813. The number of ether oxygens (including phenoxy) is 1. The summed E-state index contributed by atoms with van der Waals surface area (Å²) in [5.74, 6) is 0. The molecule has 0 spiro atoms.